The van der Waals surface area contributed by atoms with E-state index in [0.717, 1.165) is 31.2 Å². The normalized spacial score (nSPS) is 21.3. The number of aryl methyl sites for hydroxylation is 1. The van der Waals surface area contributed by atoms with Crippen molar-refractivity contribution in [2.75, 3.05) is 19.7 Å². The fourth-order valence-corrected chi connectivity index (χ4v) is 3.63. The molecule has 1 aliphatic heterocycles. The Morgan fingerprint density at radius 3 is 3.00 bits per heavy atom. The molecule has 6 heteroatoms. The zero-order valence-electron chi connectivity index (χ0n) is 14.3. The van der Waals surface area contributed by atoms with E-state index in [4.69, 9.17) is 4.74 Å². The first kappa shape index (κ1) is 15.4. The molecule has 4 rings (SSSR count). The van der Waals surface area contributed by atoms with Gasteiger partial charge in [-0.3, -0.25) is 14.1 Å². The number of ether oxygens (including phenoxy) is 1. The smallest absolute Gasteiger partial charge is 0.270 e. The summed E-state index contributed by atoms with van der Waals surface area (Å²) in [6.45, 7) is 6.46. The van der Waals surface area contributed by atoms with E-state index in [1.807, 2.05) is 36.6 Å². The quantitative estimate of drug-likeness (QED) is 0.912. The summed E-state index contributed by atoms with van der Waals surface area (Å²) in [4.78, 5) is 19.9. The summed E-state index contributed by atoms with van der Waals surface area (Å²) >= 11 is 0. The highest BCUT2D eigenvalue weighted by Crippen LogP contribution is 2.30. The second-order valence-electron chi connectivity index (χ2n) is 6.73. The number of nitrogens with zero attached hydrogens (tertiary/aromatic N) is 3. The van der Waals surface area contributed by atoms with Gasteiger partial charge < -0.3 is 10.1 Å². The molecule has 0 aromatic carbocycles. The first-order chi connectivity index (χ1) is 11.7. The van der Waals surface area contributed by atoms with Crippen molar-refractivity contribution < 1.29 is 9.53 Å². The van der Waals surface area contributed by atoms with Crippen molar-refractivity contribution in [3.8, 4) is 5.75 Å². The first-order valence-corrected chi connectivity index (χ1v) is 8.82. The van der Waals surface area contributed by atoms with Crippen LogP contribution >= 0.6 is 0 Å². The van der Waals surface area contributed by atoms with Crippen molar-refractivity contribution >= 4 is 11.6 Å². The van der Waals surface area contributed by atoms with Crippen LogP contribution in [0.3, 0.4) is 0 Å². The minimum atomic E-state index is -0.0451. The number of carbonyl (C=O) groups excluding carboxylic acids is 1. The highest BCUT2D eigenvalue weighted by atomic mass is 16.5. The van der Waals surface area contributed by atoms with Crippen molar-refractivity contribution in [1.82, 2.24) is 19.6 Å². The van der Waals surface area contributed by atoms with E-state index < -0.39 is 0 Å². The molecule has 1 saturated heterocycles. The lowest BCUT2D eigenvalue weighted by Crippen LogP contribution is -2.38. The monoisotopic (exact) mass is 328 g/mol. The molecule has 2 aromatic rings. The molecule has 3 heterocycles. The van der Waals surface area contributed by atoms with Crippen LogP contribution in [0, 0.1) is 6.92 Å². The molecule has 0 unspecified atom stereocenters. The lowest BCUT2D eigenvalue weighted by Gasteiger charge is -2.16. The predicted octanol–water partition coefficient (Wildman–Crippen LogP) is 2.01. The van der Waals surface area contributed by atoms with Gasteiger partial charge in [-0.1, -0.05) is 0 Å². The van der Waals surface area contributed by atoms with Crippen LogP contribution in [0.15, 0.2) is 18.3 Å². The number of carbonyl (C=O) groups is 1. The fraction of sp³-hybridized carbons (Fsp3) is 0.556. The van der Waals surface area contributed by atoms with Crippen LogP contribution < -0.4 is 10.1 Å². The molecule has 1 amide bonds. The second-order valence-corrected chi connectivity index (χ2v) is 6.73. The molecule has 24 heavy (non-hydrogen) atoms. The van der Waals surface area contributed by atoms with Gasteiger partial charge >= 0.3 is 0 Å². The van der Waals surface area contributed by atoms with Crippen LogP contribution in [-0.4, -0.2) is 52.0 Å². The second kappa shape index (κ2) is 6.09. The molecule has 2 aromatic heterocycles. The molecule has 2 fully saturated rings. The summed E-state index contributed by atoms with van der Waals surface area (Å²) in [5.41, 5.74) is 2.04. The molecule has 1 saturated carbocycles. The number of likely N-dealkylation sites (tertiary alicyclic amines) is 1. The Morgan fingerprint density at radius 2 is 2.25 bits per heavy atom. The minimum absolute atomic E-state index is 0.0451. The standard InChI is InChI=1S/C18H24N4O2/c1-3-24-15-5-4-9-22-16(12(2)19-17(15)22)18(23)20-13-8-10-21(11-13)14-6-7-14/h4-5,9,13-14H,3,6-8,10-11H2,1-2H3,(H,20,23)/t13-/m0/s1. The van der Waals surface area contributed by atoms with E-state index >= 15 is 0 Å². The van der Waals surface area contributed by atoms with E-state index in [1.165, 1.54) is 12.8 Å². The Hall–Kier alpha value is -2.08. The lowest BCUT2D eigenvalue weighted by molar-refractivity contribution is 0.0931. The number of amides is 1. The van der Waals surface area contributed by atoms with Crippen LogP contribution in [0.1, 0.15) is 42.4 Å². The Morgan fingerprint density at radius 1 is 1.42 bits per heavy atom. The van der Waals surface area contributed by atoms with Gasteiger partial charge in [0.05, 0.1) is 12.3 Å². The molecule has 0 bridgehead atoms. The van der Waals surface area contributed by atoms with Gasteiger partial charge in [0.15, 0.2) is 11.4 Å². The maximum atomic E-state index is 12.8. The molecular weight excluding hydrogens is 304 g/mol. The molecule has 2 aliphatic rings. The number of fused-ring (bicyclic) bond motifs is 1. The van der Waals surface area contributed by atoms with Crippen LogP contribution in [0.5, 0.6) is 5.75 Å². The van der Waals surface area contributed by atoms with Gasteiger partial charge in [-0.15, -0.1) is 0 Å². The van der Waals surface area contributed by atoms with Gasteiger partial charge in [-0.05, 0) is 45.2 Å². The summed E-state index contributed by atoms with van der Waals surface area (Å²) in [5, 5.41) is 3.20. The third-order valence-electron chi connectivity index (χ3n) is 4.92. The zero-order chi connectivity index (χ0) is 16.7. The first-order valence-electron chi connectivity index (χ1n) is 8.82. The van der Waals surface area contributed by atoms with Crippen LogP contribution in [0.2, 0.25) is 0 Å². The Labute approximate surface area is 141 Å². The summed E-state index contributed by atoms with van der Waals surface area (Å²) in [5.74, 6) is 0.666. The average molecular weight is 328 g/mol. The van der Waals surface area contributed by atoms with Crippen LogP contribution in [0.25, 0.3) is 5.65 Å². The predicted molar refractivity (Wildman–Crippen MR) is 91.6 cm³/mol. The average Bonchev–Trinajstić information content (AvgIpc) is 3.20. The van der Waals surface area contributed by atoms with Crippen molar-refractivity contribution in [2.24, 2.45) is 0 Å². The molecule has 1 N–H and O–H groups in total. The molecule has 1 aliphatic carbocycles. The summed E-state index contributed by atoms with van der Waals surface area (Å²) in [6.07, 6.45) is 5.53. The number of aromatic nitrogens is 2. The van der Waals surface area contributed by atoms with Crippen LogP contribution in [0.4, 0.5) is 0 Å². The Bertz CT molecular complexity index is 766. The van der Waals surface area contributed by atoms with Crippen molar-refractivity contribution in [1.29, 1.82) is 0 Å². The number of rotatable bonds is 5. The van der Waals surface area contributed by atoms with Gasteiger partial charge in [0.2, 0.25) is 0 Å². The molecule has 1 atom stereocenters. The third-order valence-corrected chi connectivity index (χ3v) is 4.92. The van der Waals surface area contributed by atoms with Gasteiger partial charge in [-0.2, -0.15) is 0 Å². The van der Waals surface area contributed by atoms with Crippen molar-refractivity contribution in [3.05, 3.63) is 29.7 Å². The zero-order valence-corrected chi connectivity index (χ0v) is 14.3. The Kier molecular flexibility index (Phi) is 3.92. The number of hydrogen-bond donors (Lipinski definition) is 1. The fourth-order valence-electron chi connectivity index (χ4n) is 3.63. The maximum Gasteiger partial charge on any atom is 0.270 e. The molecule has 128 valence electrons. The molecule has 0 radical (unpaired) electrons. The van der Waals surface area contributed by atoms with Crippen molar-refractivity contribution in [3.63, 3.8) is 0 Å². The molecule has 0 spiro atoms. The number of hydrogen-bond acceptors (Lipinski definition) is 4. The summed E-state index contributed by atoms with van der Waals surface area (Å²) < 4.78 is 7.46. The molecular formula is C18H24N4O2. The summed E-state index contributed by atoms with van der Waals surface area (Å²) in [7, 11) is 0. The van der Waals surface area contributed by atoms with E-state index in [0.29, 0.717) is 23.7 Å². The van der Waals surface area contributed by atoms with E-state index in [2.05, 4.69) is 15.2 Å². The number of pyridine rings is 1. The van der Waals surface area contributed by atoms with Gasteiger partial charge in [0.1, 0.15) is 5.69 Å². The minimum Gasteiger partial charge on any atom is -0.490 e. The molecule has 6 nitrogen and oxygen atoms in total. The van der Waals surface area contributed by atoms with Gasteiger partial charge in [-0.25, -0.2) is 4.98 Å². The number of nitrogens with one attached hydrogen (secondary N) is 1. The highest BCUT2D eigenvalue weighted by Gasteiger charge is 2.35. The maximum absolute atomic E-state index is 12.8. The third kappa shape index (κ3) is 2.75. The highest BCUT2D eigenvalue weighted by molar-refractivity contribution is 5.95. The van der Waals surface area contributed by atoms with Crippen LogP contribution in [-0.2, 0) is 0 Å². The van der Waals surface area contributed by atoms with E-state index in [9.17, 15) is 4.79 Å². The van der Waals surface area contributed by atoms with Crippen molar-refractivity contribution in [2.45, 2.75) is 45.2 Å². The van der Waals surface area contributed by atoms with Gasteiger partial charge in [0.25, 0.3) is 5.91 Å². The number of imidazole rings is 1. The van der Waals surface area contributed by atoms with E-state index in [-0.39, 0.29) is 11.9 Å². The topological polar surface area (TPSA) is 58.9 Å². The van der Waals surface area contributed by atoms with Gasteiger partial charge in [0, 0.05) is 31.4 Å². The Balaban J connectivity index is 1.55. The van der Waals surface area contributed by atoms with E-state index in [1.54, 1.807) is 0 Å². The lowest BCUT2D eigenvalue weighted by atomic mass is 10.2. The largest absolute Gasteiger partial charge is 0.490 e. The summed E-state index contributed by atoms with van der Waals surface area (Å²) in [6, 6.07) is 4.77. The SMILES string of the molecule is CCOc1cccn2c(C(=O)N[C@H]3CCN(C4CC4)C3)c(C)nc12.